The van der Waals surface area contributed by atoms with Gasteiger partial charge >= 0.3 is 12.0 Å². The van der Waals surface area contributed by atoms with Gasteiger partial charge in [0, 0.05) is 45.1 Å². The molecule has 0 spiro atoms. The van der Waals surface area contributed by atoms with E-state index in [-0.39, 0.29) is 18.4 Å². The number of amides is 2. The molecule has 1 saturated heterocycles. The summed E-state index contributed by atoms with van der Waals surface area (Å²) in [5, 5.41) is 11.3. The molecule has 8 nitrogen and oxygen atoms in total. The molecule has 1 aliphatic heterocycles. The van der Waals surface area contributed by atoms with E-state index in [1.165, 1.54) is 0 Å². The largest absolute Gasteiger partial charge is 0.481 e. The Kier molecular flexibility index (Phi) is 4.83. The van der Waals surface area contributed by atoms with Gasteiger partial charge in [0.25, 0.3) is 0 Å². The third-order valence-electron chi connectivity index (χ3n) is 3.09. The van der Waals surface area contributed by atoms with Crippen LogP contribution in [0.5, 0.6) is 0 Å². The summed E-state index contributed by atoms with van der Waals surface area (Å²) < 4.78 is 0. The molecule has 2 heterocycles. The number of piperazine rings is 1. The number of nitrogens with one attached hydrogen (secondary N) is 1. The first-order valence-electron chi connectivity index (χ1n) is 6.42. The van der Waals surface area contributed by atoms with Crippen LogP contribution < -0.4 is 5.32 Å². The van der Waals surface area contributed by atoms with Gasteiger partial charge in [-0.25, -0.2) is 14.8 Å². The summed E-state index contributed by atoms with van der Waals surface area (Å²) in [6.45, 7) is 3.01. The van der Waals surface area contributed by atoms with Crippen LogP contribution >= 0.6 is 0 Å². The predicted molar refractivity (Wildman–Crippen MR) is 71.3 cm³/mol. The third kappa shape index (κ3) is 4.16. The van der Waals surface area contributed by atoms with Gasteiger partial charge in [0.15, 0.2) is 0 Å². The number of nitrogens with zero attached hydrogens (tertiary/aromatic N) is 4. The Balaban J connectivity index is 1.76. The molecule has 0 saturated carbocycles. The van der Waals surface area contributed by atoms with E-state index in [2.05, 4.69) is 15.3 Å². The molecule has 2 rings (SSSR count). The molecular formula is C12H17N5O3. The lowest BCUT2D eigenvalue weighted by atomic mass is 10.3. The zero-order chi connectivity index (χ0) is 14.4. The first-order valence-corrected chi connectivity index (χ1v) is 6.42. The smallest absolute Gasteiger partial charge is 0.324 e. The average Bonchev–Trinajstić information content (AvgIpc) is 2.46. The molecule has 1 aromatic rings. The highest BCUT2D eigenvalue weighted by Gasteiger charge is 2.21. The van der Waals surface area contributed by atoms with Crippen molar-refractivity contribution in [2.24, 2.45) is 0 Å². The van der Waals surface area contributed by atoms with Gasteiger partial charge in [-0.15, -0.1) is 0 Å². The highest BCUT2D eigenvalue weighted by Crippen LogP contribution is 2.05. The lowest BCUT2D eigenvalue weighted by Gasteiger charge is -2.34. The molecule has 108 valence electrons. The fraction of sp³-hybridized carbons (Fsp3) is 0.500. The van der Waals surface area contributed by atoms with Gasteiger partial charge < -0.3 is 10.0 Å². The van der Waals surface area contributed by atoms with Gasteiger partial charge in [-0.3, -0.25) is 15.0 Å². The summed E-state index contributed by atoms with van der Waals surface area (Å²) in [5.74, 6) is -0.516. The van der Waals surface area contributed by atoms with Crippen molar-refractivity contribution in [1.29, 1.82) is 0 Å². The standard InChI is InChI=1S/C12H17N5O3/c18-10(19)2-5-16-6-8-17(9-7-16)12(20)15-11-13-3-1-4-14-11/h1,3-4H,2,5-9H2,(H,18,19)(H,13,14,15,20). The van der Waals surface area contributed by atoms with E-state index in [0.717, 1.165) is 0 Å². The molecule has 1 aromatic heterocycles. The van der Waals surface area contributed by atoms with E-state index >= 15 is 0 Å². The summed E-state index contributed by atoms with van der Waals surface area (Å²) in [6, 6.07) is 1.45. The first-order chi connectivity index (χ1) is 9.65. The zero-order valence-electron chi connectivity index (χ0n) is 11.0. The number of carboxylic acid groups (broad SMARTS) is 1. The molecule has 20 heavy (non-hydrogen) atoms. The Hall–Kier alpha value is -2.22. The van der Waals surface area contributed by atoms with Crippen molar-refractivity contribution in [3.05, 3.63) is 18.5 Å². The minimum absolute atomic E-state index is 0.129. The molecule has 0 bridgehead atoms. The van der Waals surface area contributed by atoms with Crippen molar-refractivity contribution in [3.8, 4) is 0 Å². The maximum absolute atomic E-state index is 12.0. The number of anilines is 1. The molecule has 0 radical (unpaired) electrons. The Morgan fingerprint density at radius 3 is 2.45 bits per heavy atom. The van der Waals surface area contributed by atoms with E-state index < -0.39 is 5.97 Å². The molecule has 8 heteroatoms. The minimum Gasteiger partial charge on any atom is -0.481 e. The Morgan fingerprint density at radius 1 is 1.20 bits per heavy atom. The Bertz CT molecular complexity index is 459. The van der Waals surface area contributed by atoms with E-state index in [1.54, 1.807) is 23.4 Å². The highest BCUT2D eigenvalue weighted by atomic mass is 16.4. The van der Waals surface area contributed by atoms with Gasteiger partial charge in [0.05, 0.1) is 6.42 Å². The Morgan fingerprint density at radius 2 is 1.85 bits per heavy atom. The fourth-order valence-corrected chi connectivity index (χ4v) is 1.97. The number of aliphatic carboxylic acids is 1. The van der Waals surface area contributed by atoms with Crippen LogP contribution in [0.1, 0.15) is 6.42 Å². The molecule has 0 aliphatic carbocycles. The number of urea groups is 1. The second-order valence-corrected chi connectivity index (χ2v) is 4.47. The molecule has 0 aromatic carbocycles. The number of carbonyl (C=O) groups excluding carboxylic acids is 1. The molecule has 2 amide bonds. The van der Waals surface area contributed by atoms with E-state index in [1.807, 2.05) is 4.90 Å². The van der Waals surface area contributed by atoms with Crippen molar-refractivity contribution in [1.82, 2.24) is 19.8 Å². The number of hydrogen-bond acceptors (Lipinski definition) is 5. The summed E-state index contributed by atoms with van der Waals surface area (Å²) in [5.41, 5.74) is 0. The maximum atomic E-state index is 12.0. The fourth-order valence-electron chi connectivity index (χ4n) is 1.97. The number of hydrogen-bond donors (Lipinski definition) is 2. The lowest BCUT2D eigenvalue weighted by Crippen LogP contribution is -2.50. The van der Waals surface area contributed by atoms with Crippen LogP contribution in [0.2, 0.25) is 0 Å². The summed E-state index contributed by atoms with van der Waals surface area (Å²) in [4.78, 5) is 34.0. The van der Waals surface area contributed by atoms with Crippen molar-refractivity contribution in [2.45, 2.75) is 6.42 Å². The van der Waals surface area contributed by atoms with Crippen LogP contribution in [0, 0.1) is 0 Å². The van der Waals surface area contributed by atoms with Gasteiger partial charge in [-0.2, -0.15) is 0 Å². The van der Waals surface area contributed by atoms with Gasteiger partial charge in [-0.05, 0) is 6.07 Å². The molecular weight excluding hydrogens is 262 g/mol. The number of aromatic nitrogens is 2. The normalized spacial score (nSPS) is 15.9. The van der Waals surface area contributed by atoms with Crippen LogP contribution in [0.4, 0.5) is 10.7 Å². The van der Waals surface area contributed by atoms with E-state index in [9.17, 15) is 9.59 Å². The molecule has 1 aliphatic rings. The maximum Gasteiger partial charge on any atom is 0.324 e. The van der Waals surface area contributed by atoms with Crippen LogP contribution in [0.25, 0.3) is 0 Å². The van der Waals surface area contributed by atoms with E-state index in [4.69, 9.17) is 5.11 Å². The quantitative estimate of drug-likeness (QED) is 0.811. The Labute approximate surface area is 116 Å². The van der Waals surface area contributed by atoms with Crippen LogP contribution in [-0.4, -0.2) is 69.6 Å². The number of carbonyl (C=O) groups is 2. The molecule has 2 N–H and O–H groups in total. The monoisotopic (exact) mass is 279 g/mol. The second kappa shape index (κ2) is 6.80. The highest BCUT2D eigenvalue weighted by molar-refractivity contribution is 5.87. The van der Waals surface area contributed by atoms with Crippen molar-refractivity contribution in [2.75, 3.05) is 38.0 Å². The average molecular weight is 279 g/mol. The topological polar surface area (TPSA) is 98.7 Å². The van der Waals surface area contributed by atoms with Gasteiger partial charge in [0.1, 0.15) is 0 Å². The van der Waals surface area contributed by atoms with Crippen LogP contribution in [-0.2, 0) is 4.79 Å². The SMILES string of the molecule is O=C(O)CCN1CCN(C(=O)Nc2ncccn2)CC1. The van der Waals surface area contributed by atoms with Crippen molar-refractivity contribution >= 4 is 17.9 Å². The third-order valence-corrected chi connectivity index (χ3v) is 3.09. The summed E-state index contributed by atoms with van der Waals surface area (Å²) in [6.07, 6.45) is 3.25. The van der Waals surface area contributed by atoms with Crippen LogP contribution in [0.15, 0.2) is 18.5 Å². The van der Waals surface area contributed by atoms with Crippen LogP contribution in [0.3, 0.4) is 0 Å². The second-order valence-electron chi connectivity index (χ2n) is 4.47. The molecule has 1 fully saturated rings. The van der Waals surface area contributed by atoms with Gasteiger partial charge in [0.2, 0.25) is 5.95 Å². The molecule has 0 atom stereocenters. The predicted octanol–water partition coefficient (Wildman–Crippen LogP) is 0.101. The minimum atomic E-state index is -0.800. The number of rotatable bonds is 4. The zero-order valence-corrected chi connectivity index (χ0v) is 11.0. The summed E-state index contributed by atoms with van der Waals surface area (Å²) >= 11 is 0. The molecule has 0 unspecified atom stereocenters. The summed E-state index contributed by atoms with van der Waals surface area (Å²) in [7, 11) is 0. The lowest BCUT2D eigenvalue weighted by molar-refractivity contribution is -0.137. The number of carboxylic acids is 1. The van der Waals surface area contributed by atoms with Crippen molar-refractivity contribution in [3.63, 3.8) is 0 Å². The first kappa shape index (κ1) is 14.2. The van der Waals surface area contributed by atoms with E-state index in [0.29, 0.717) is 32.7 Å². The van der Waals surface area contributed by atoms with Crippen molar-refractivity contribution < 1.29 is 14.7 Å². The van der Waals surface area contributed by atoms with Gasteiger partial charge in [-0.1, -0.05) is 0 Å².